The highest BCUT2D eigenvalue weighted by atomic mass is 32.2. The second kappa shape index (κ2) is 7.36. The normalized spacial score (nSPS) is 16.6. The van der Waals surface area contributed by atoms with Gasteiger partial charge in [-0.25, -0.2) is 0 Å². The van der Waals surface area contributed by atoms with E-state index in [1.807, 2.05) is 0 Å². The molecule has 8 nitrogen and oxygen atoms in total. The lowest BCUT2D eigenvalue weighted by Gasteiger charge is -2.15. The van der Waals surface area contributed by atoms with Crippen molar-refractivity contribution in [2.45, 2.75) is 11.7 Å². The van der Waals surface area contributed by atoms with Crippen molar-refractivity contribution in [2.24, 2.45) is 0 Å². The van der Waals surface area contributed by atoms with Gasteiger partial charge in [-0.2, -0.15) is 0 Å². The van der Waals surface area contributed by atoms with Crippen molar-refractivity contribution in [3.8, 4) is 0 Å². The van der Waals surface area contributed by atoms with E-state index >= 15 is 0 Å². The average Bonchev–Trinajstić information content (AvgIpc) is 2.89. The molecule has 2 aromatic carbocycles. The smallest absolute Gasteiger partial charge is 0.292 e. The minimum absolute atomic E-state index is 0.0460. The van der Waals surface area contributed by atoms with Crippen molar-refractivity contribution >= 4 is 45.8 Å². The predicted molar refractivity (Wildman–Crippen MR) is 99.4 cm³/mol. The molecular formula is C17H14N4O4S. The van der Waals surface area contributed by atoms with Crippen LogP contribution in [0.4, 0.5) is 17.1 Å². The second-order valence-corrected chi connectivity index (χ2v) is 6.64. The Morgan fingerprint density at radius 1 is 1.19 bits per heavy atom. The molecule has 9 heteroatoms. The minimum atomic E-state index is -0.745. The molecule has 2 amide bonds. The first-order valence-electron chi connectivity index (χ1n) is 7.65. The van der Waals surface area contributed by atoms with Crippen LogP contribution in [-0.4, -0.2) is 27.2 Å². The number of hydrogen-bond donors (Lipinski definition) is 2. The van der Waals surface area contributed by atoms with Crippen LogP contribution < -0.4 is 10.2 Å². The van der Waals surface area contributed by atoms with Gasteiger partial charge < -0.3 is 5.32 Å². The molecule has 26 heavy (non-hydrogen) atoms. The van der Waals surface area contributed by atoms with Crippen molar-refractivity contribution < 1.29 is 14.5 Å². The molecular weight excluding hydrogens is 356 g/mol. The Morgan fingerprint density at radius 3 is 2.54 bits per heavy atom. The number of amidine groups is 1. The van der Waals surface area contributed by atoms with Crippen molar-refractivity contribution in [3.63, 3.8) is 0 Å². The molecule has 0 aromatic heterocycles. The molecule has 2 aromatic rings. The van der Waals surface area contributed by atoms with Gasteiger partial charge in [-0.15, -0.1) is 0 Å². The van der Waals surface area contributed by atoms with Gasteiger partial charge in [0, 0.05) is 12.5 Å². The number of para-hydroxylation sites is 3. The minimum Gasteiger partial charge on any atom is -0.320 e. The van der Waals surface area contributed by atoms with Crippen LogP contribution in [0.25, 0.3) is 0 Å². The number of rotatable bonds is 5. The number of nitrogens with one attached hydrogen (secondary N) is 2. The van der Waals surface area contributed by atoms with Crippen LogP contribution in [0.1, 0.15) is 6.42 Å². The van der Waals surface area contributed by atoms with Crippen LogP contribution >= 0.6 is 11.8 Å². The molecule has 1 saturated heterocycles. The zero-order valence-corrected chi connectivity index (χ0v) is 14.2. The van der Waals surface area contributed by atoms with Gasteiger partial charge in [0.05, 0.1) is 10.6 Å². The molecule has 0 aliphatic carbocycles. The largest absolute Gasteiger partial charge is 0.320 e. The Labute approximate surface area is 152 Å². The molecule has 1 aliphatic rings. The zero-order valence-electron chi connectivity index (χ0n) is 13.4. The van der Waals surface area contributed by atoms with E-state index < -0.39 is 16.1 Å². The molecule has 3 rings (SSSR count). The summed E-state index contributed by atoms with van der Waals surface area (Å²) in [6.45, 7) is 0. The fourth-order valence-corrected chi connectivity index (χ4v) is 3.55. The standard InChI is InChI=1S/C17H14N4O4S/c18-17-20(11-6-2-1-3-7-11)16(23)14(26-17)10-15(22)19-12-8-4-5-9-13(12)21(24)25/h1-9,14,18H,10H2,(H,19,22)/t14-/m0/s1. The maximum absolute atomic E-state index is 12.6. The molecule has 0 saturated carbocycles. The molecule has 1 fully saturated rings. The summed E-state index contributed by atoms with van der Waals surface area (Å²) < 4.78 is 0. The fraction of sp³-hybridized carbons (Fsp3) is 0.118. The van der Waals surface area contributed by atoms with Crippen LogP contribution in [0.5, 0.6) is 0 Å². The molecule has 1 atom stereocenters. The summed E-state index contributed by atoms with van der Waals surface area (Å²) in [5.41, 5.74) is 0.425. The van der Waals surface area contributed by atoms with E-state index in [-0.39, 0.29) is 28.9 Å². The number of carbonyl (C=O) groups excluding carboxylic acids is 2. The number of nitro groups is 1. The van der Waals surface area contributed by atoms with Crippen LogP contribution in [0.2, 0.25) is 0 Å². The summed E-state index contributed by atoms with van der Waals surface area (Å²) >= 11 is 0.991. The lowest BCUT2D eigenvalue weighted by molar-refractivity contribution is -0.383. The lowest BCUT2D eigenvalue weighted by atomic mass is 10.2. The average molecular weight is 370 g/mol. The fourth-order valence-electron chi connectivity index (χ4n) is 2.54. The van der Waals surface area contributed by atoms with Crippen molar-refractivity contribution in [3.05, 3.63) is 64.7 Å². The first kappa shape index (κ1) is 17.6. The molecule has 132 valence electrons. The highest BCUT2D eigenvalue weighted by Crippen LogP contribution is 2.33. The van der Waals surface area contributed by atoms with E-state index in [1.165, 1.54) is 23.1 Å². The van der Waals surface area contributed by atoms with E-state index in [2.05, 4.69) is 5.32 Å². The van der Waals surface area contributed by atoms with Crippen molar-refractivity contribution in [2.75, 3.05) is 10.2 Å². The number of amides is 2. The third-order valence-corrected chi connectivity index (χ3v) is 4.77. The van der Waals surface area contributed by atoms with Gasteiger partial charge >= 0.3 is 0 Å². The number of anilines is 2. The first-order chi connectivity index (χ1) is 12.5. The van der Waals surface area contributed by atoms with Crippen LogP contribution in [0.3, 0.4) is 0 Å². The molecule has 0 unspecified atom stereocenters. The highest BCUT2D eigenvalue weighted by molar-refractivity contribution is 8.16. The maximum atomic E-state index is 12.6. The van der Waals surface area contributed by atoms with Gasteiger partial charge in [-0.3, -0.25) is 30.0 Å². The number of carbonyl (C=O) groups is 2. The Morgan fingerprint density at radius 2 is 1.85 bits per heavy atom. The number of nitro benzene ring substituents is 1. The lowest BCUT2D eigenvalue weighted by Crippen LogP contribution is -2.33. The summed E-state index contributed by atoms with van der Waals surface area (Å²) in [7, 11) is 0. The Kier molecular flexibility index (Phi) is 4.99. The Balaban J connectivity index is 1.70. The van der Waals surface area contributed by atoms with E-state index in [0.29, 0.717) is 5.69 Å². The quantitative estimate of drug-likeness (QED) is 0.620. The van der Waals surface area contributed by atoms with Crippen LogP contribution in [-0.2, 0) is 9.59 Å². The van der Waals surface area contributed by atoms with Gasteiger partial charge in [0.25, 0.3) is 5.69 Å². The second-order valence-electron chi connectivity index (χ2n) is 5.45. The van der Waals surface area contributed by atoms with Crippen molar-refractivity contribution in [1.82, 2.24) is 0 Å². The first-order valence-corrected chi connectivity index (χ1v) is 8.53. The Hall–Kier alpha value is -3.20. The van der Waals surface area contributed by atoms with E-state index in [4.69, 9.17) is 5.41 Å². The van der Waals surface area contributed by atoms with E-state index in [0.717, 1.165) is 11.8 Å². The highest BCUT2D eigenvalue weighted by Gasteiger charge is 2.39. The molecule has 1 heterocycles. The van der Waals surface area contributed by atoms with Gasteiger partial charge in [-0.1, -0.05) is 42.1 Å². The van der Waals surface area contributed by atoms with Crippen LogP contribution in [0, 0.1) is 15.5 Å². The topological polar surface area (TPSA) is 116 Å². The maximum Gasteiger partial charge on any atom is 0.292 e. The SMILES string of the molecule is N=C1S[C@@H](CC(=O)Nc2ccccc2[N+](=O)[O-])C(=O)N1c1ccccc1. The summed E-state index contributed by atoms with van der Waals surface area (Å²) in [4.78, 5) is 36.5. The van der Waals surface area contributed by atoms with Gasteiger partial charge in [0.15, 0.2) is 5.17 Å². The van der Waals surface area contributed by atoms with Gasteiger partial charge in [-0.05, 0) is 18.2 Å². The molecule has 2 N–H and O–H groups in total. The van der Waals surface area contributed by atoms with Gasteiger partial charge in [0.1, 0.15) is 10.9 Å². The number of hydrogen-bond acceptors (Lipinski definition) is 6. The van der Waals surface area contributed by atoms with E-state index in [1.54, 1.807) is 36.4 Å². The van der Waals surface area contributed by atoms with Crippen molar-refractivity contribution in [1.29, 1.82) is 5.41 Å². The molecule has 1 aliphatic heterocycles. The van der Waals surface area contributed by atoms with Crippen LogP contribution in [0.15, 0.2) is 54.6 Å². The monoisotopic (exact) mass is 370 g/mol. The van der Waals surface area contributed by atoms with Gasteiger partial charge in [0.2, 0.25) is 11.8 Å². The zero-order chi connectivity index (χ0) is 18.7. The van der Waals surface area contributed by atoms with E-state index in [9.17, 15) is 19.7 Å². The Bertz CT molecular complexity index is 887. The number of benzene rings is 2. The predicted octanol–water partition coefficient (Wildman–Crippen LogP) is 3.01. The number of nitrogens with zero attached hydrogens (tertiary/aromatic N) is 2. The molecule has 0 spiro atoms. The summed E-state index contributed by atoms with van der Waals surface area (Å²) in [6, 6.07) is 14.5. The molecule has 0 radical (unpaired) electrons. The number of thioether (sulfide) groups is 1. The molecule has 0 bridgehead atoms. The summed E-state index contributed by atoms with van der Waals surface area (Å²) in [5.74, 6) is -0.878. The third-order valence-electron chi connectivity index (χ3n) is 3.71. The summed E-state index contributed by atoms with van der Waals surface area (Å²) in [6.07, 6.45) is -0.179. The summed E-state index contributed by atoms with van der Waals surface area (Å²) in [5, 5.41) is 20.8. The third kappa shape index (κ3) is 3.57.